The van der Waals surface area contributed by atoms with Crippen molar-refractivity contribution in [1.29, 1.82) is 0 Å². The van der Waals surface area contributed by atoms with Crippen LogP contribution in [0.1, 0.15) is 18.4 Å². The molecule has 84 valence electrons. The summed E-state index contributed by atoms with van der Waals surface area (Å²) in [7, 11) is 0. The summed E-state index contributed by atoms with van der Waals surface area (Å²) >= 11 is 2.30. The summed E-state index contributed by atoms with van der Waals surface area (Å²) < 4.78 is 0.558. The summed E-state index contributed by atoms with van der Waals surface area (Å²) in [5, 5.41) is 0. The Labute approximate surface area is 118 Å². The van der Waals surface area contributed by atoms with Gasteiger partial charge in [0.15, 0.2) is 0 Å². The van der Waals surface area contributed by atoms with Crippen molar-refractivity contribution in [1.82, 2.24) is 0 Å². The Balaban J connectivity index is 2.10. The van der Waals surface area contributed by atoms with Gasteiger partial charge in [0.2, 0.25) is 0 Å². The van der Waals surface area contributed by atoms with Crippen LogP contribution in [0.2, 0.25) is 4.59 Å². The van der Waals surface area contributed by atoms with Gasteiger partial charge in [0.1, 0.15) is 0 Å². The first-order valence-corrected chi connectivity index (χ1v) is 6.59. The molecule has 0 aromatic heterocycles. The van der Waals surface area contributed by atoms with Gasteiger partial charge in [-0.2, -0.15) is 0 Å². The van der Waals surface area contributed by atoms with E-state index in [1.165, 1.54) is 22.3 Å². The molecular weight excluding hydrogens is 211 g/mol. The minimum atomic E-state index is 0.399. The first-order valence-electron chi connectivity index (χ1n) is 6.59. The molecule has 0 nitrogen and oxygen atoms in total. The quantitative estimate of drug-likeness (QED) is 0.632. The van der Waals surface area contributed by atoms with E-state index in [-0.39, 0.29) is 0 Å². The van der Waals surface area contributed by atoms with Crippen molar-refractivity contribution >= 4 is 17.7 Å². The summed E-state index contributed by atoms with van der Waals surface area (Å²) in [5.41, 5.74) is 5.80. The third kappa shape index (κ3) is 1.97. The molecule has 0 bridgehead atoms. The van der Waals surface area contributed by atoms with Gasteiger partial charge in [0.25, 0.3) is 0 Å². The van der Waals surface area contributed by atoms with Gasteiger partial charge >= 0.3 is 118 Å². The predicted octanol–water partition coefficient (Wildman–Crippen LogP) is 4.11. The molecule has 0 N–H and O–H groups in total. The Morgan fingerprint density at radius 1 is 1.00 bits per heavy atom. The van der Waals surface area contributed by atoms with E-state index in [2.05, 4.69) is 85.4 Å². The Morgan fingerprint density at radius 3 is 2.56 bits per heavy atom. The fourth-order valence-corrected chi connectivity index (χ4v) is 2.85. The van der Waals surface area contributed by atoms with E-state index in [0.717, 1.165) is 0 Å². The van der Waals surface area contributed by atoms with Gasteiger partial charge in [0.05, 0.1) is 0 Å². The molecule has 0 aliphatic heterocycles. The van der Waals surface area contributed by atoms with Crippen molar-refractivity contribution in [3.63, 3.8) is 0 Å². The average Bonchev–Trinajstić information content (AvgIpc) is 2.58. The Morgan fingerprint density at radius 2 is 1.78 bits per heavy atom. The topological polar surface area (TPSA) is 0 Å². The molecule has 18 heavy (non-hydrogen) atoms. The predicted molar refractivity (Wildman–Crippen MR) is 77.8 cm³/mol. The maximum absolute atomic E-state index is 2.37. The van der Waals surface area contributed by atoms with Crippen LogP contribution in [-0.4, -0.2) is 17.7 Å². The summed E-state index contributed by atoms with van der Waals surface area (Å²) in [6, 6.07) is 10.8. The van der Waals surface area contributed by atoms with Crippen LogP contribution < -0.4 is 0 Å². The Hall–Kier alpha value is -1.22. The summed E-state index contributed by atoms with van der Waals surface area (Å²) in [5.74, 6) is 0.399. The second-order valence-electron chi connectivity index (χ2n) is 5.15. The minimum absolute atomic E-state index is 0.399. The SMILES string of the molecule is [Li][CH]1C(C)=CC2=C1C=CC=CC2c1ccccc1. The molecule has 0 spiro atoms. The third-order valence-electron chi connectivity index (χ3n) is 4.05. The molecule has 2 unspecified atom stereocenters. The first-order chi connectivity index (χ1) is 8.77. The summed E-state index contributed by atoms with van der Waals surface area (Å²) in [4.78, 5) is 0. The van der Waals surface area contributed by atoms with Crippen molar-refractivity contribution < 1.29 is 0 Å². The van der Waals surface area contributed by atoms with Crippen LogP contribution in [0.15, 0.2) is 77.4 Å². The van der Waals surface area contributed by atoms with Gasteiger partial charge in [-0.15, -0.1) is 0 Å². The zero-order valence-corrected chi connectivity index (χ0v) is 10.9. The van der Waals surface area contributed by atoms with Crippen LogP contribution in [0, 0.1) is 0 Å². The summed E-state index contributed by atoms with van der Waals surface area (Å²) in [6.07, 6.45) is 11.3. The van der Waals surface area contributed by atoms with E-state index in [0.29, 0.717) is 10.5 Å². The molecule has 2 atom stereocenters. The summed E-state index contributed by atoms with van der Waals surface area (Å²) in [6.45, 7) is 2.24. The molecule has 0 saturated heterocycles. The molecule has 3 rings (SSSR count). The molecule has 0 saturated carbocycles. The first kappa shape index (κ1) is 11.8. The van der Waals surface area contributed by atoms with Crippen LogP contribution in [-0.2, 0) is 0 Å². The monoisotopic (exact) mass is 226 g/mol. The molecule has 2 aliphatic carbocycles. The Bertz CT molecular complexity index is 573. The molecular formula is C17H15Li. The van der Waals surface area contributed by atoms with Gasteiger partial charge in [-0.1, -0.05) is 0 Å². The number of rotatable bonds is 1. The molecule has 1 heteroatoms. The molecule has 2 aliphatic rings. The van der Waals surface area contributed by atoms with Crippen molar-refractivity contribution in [3.8, 4) is 0 Å². The van der Waals surface area contributed by atoms with Gasteiger partial charge in [-0.25, -0.2) is 0 Å². The van der Waals surface area contributed by atoms with E-state index in [1.54, 1.807) is 0 Å². The molecule has 0 fully saturated rings. The van der Waals surface area contributed by atoms with Gasteiger partial charge in [-0.3, -0.25) is 0 Å². The van der Waals surface area contributed by atoms with Gasteiger partial charge in [-0.05, 0) is 0 Å². The molecule has 0 amide bonds. The number of hydrogen-bond acceptors (Lipinski definition) is 0. The number of allylic oxidation sites excluding steroid dienone is 8. The second kappa shape index (κ2) is 4.81. The van der Waals surface area contributed by atoms with Crippen LogP contribution in [0.5, 0.6) is 0 Å². The average molecular weight is 226 g/mol. The number of hydrogen-bond donors (Lipinski definition) is 0. The molecule has 1 aromatic carbocycles. The van der Waals surface area contributed by atoms with Crippen molar-refractivity contribution in [2.75, 3.05) is 0 Å². The third-order valence-corrected chi connectivity index (χ3v) is 4.05. The van der Waals surface area contributed by atoms with Crippen LogP contribution in [0.3, 0.4) is 0 Å². The maximum atomic E-state index is 2.37. The van der Waals surface area contributed by atoms with Gasteiger partial charge < -0.3 is 0 Å². The van der Waals surface area contributed by atoms with Crippen molar-refractivity contribution in [2.45, 2.75) is 17.4 Å². The van der Waals surface area contributed by atoms with Crippen molar-refractivity contribution in [2.24, 2.45) is 0 Å². The number of benzene rings is 1. The van der Waals surface area contributed by atoms with Crippen LogP contribution in [0.4, 0.5) is 0 Å². The molecule has 1 aromatic rings. The zero-order valence-electron chi connectivity index (χ0n) is 10.9. The van der Waals surface area contributed by atoms with Crippen molar-refractivity contribution in [3.05, 3.63) is 83.0 Å². The van der Waals surface area contributed by atoms with Gasteiger partial charge in [0, 0.05) is 0 Å². The fraction of sp³-hybridized carbons (Fsp3) is 0.176. The molecule has 0 heterocycles. The normalized spacial score (nSPS) is 26.1. The Kier molecular flexibility index (Phi) is 3.16. The van der Waals surface area contributed by atoms with E-state index in [4.69, 9.17) is 0 Å². The zero-order chi connectivity index (χ0) is 12.5. The van der Waals surface area contributed by atoms with E-state index in [1.807, 2.05) is 0 Å². The standard InChI is InChI=1S/C17H15.Li/c1-13-11-15-9-5-6-10-16(17(15)12-13)14-7-3-2-4-8-14;/h2-12,16H,1H3;. The van der Waals surface area contributed by atoms with E-state index >= 15 is 0 Å². The van der Waals surface area contributed by atoms with E-state index < -0.39 is 0 Å². The molecule has 0 radical (unpaired) electrons. The fourth-order valence-electron chi connectivity index (χ4n) is 2.85. The van der Waals surface area contributed by atoms with Crippen LogP contribution in [0.25, 0.3) is 0 Å². The van der Waals surface area contributed by atoms with E-state index in [9.17, 15) is 0 Å². The second-order valence-corrected chi connectivity index (χ2v) is 5.15. The van der Waals surface area contributed by atoms with Crippen LogP contribution >= 0.6 is 0 Å².